The number of carbonyl (C=O) groups excluding carboxylic acids is 1. The Bertz CT molecular complexity index is 1080. The standard InChI is InChI=1S/C22H20Cl2N2O3/c23-14-3-5-16(17(24)11-14)22(7-9-28-10-8-22)21(27)25-15-4-6-19-18(12-15)26-20(29-19)13-1-2-13/h3-6,11-13H,1-2,7-10H2,(H,25,27). The summed E-state index contributed by atoms with van der Waals surface area (Å²) >= 11 is 12.6. The highest BCUT2D eigenvalue weighted by molar-refractivity contribution is 6.35. The van der Waals surface area contributed by atoms with Crippen molar-refractivity contribution in [1.82, 2.24) is 4.98 Å². The number of fused-ring (bicyclic) bond motifs is 1. The number of nitrogens with one attached hydrogen (secondary N) is 1. The van der Waals surface area contributed by atoms with Crippen LogP contribution in [-0.4, -0.2) is 24.1 Å². The molecule has 0 radical (unpaired) electrons. The first-order valence-corrected chi connectivity index (χ1v) is 10.6. The molecule has 150 valence electrons. The number of nitrogens with zero attached hydrogens (tertiary/aromatic N) is 1. The van der Waals surface area contributed by atoms with E-state index in [4.69, 9.17) is 32.4 Å². The zero-order valence-corrected chi connectivity index (χ0v) is 17.2. The molecular formula is C22H20Cl2N2O3. The minimum Gasteiger partial charge on any atom is -0.440 e. The lowest BCUT2D eigenvalue weighted by atomic mass is 9.73. The van der Waals surface area contributed by atoms with Gasteiger partial charge >= 0.3 is 0 Å². The van der Waals surface area contributed by atoms with E-state index in [2.05, 4.69) is 10.3 Å². The smallest absolute Gasteiger partial charge is 0.235 e. The molecule has 7 heteroatoms. The van der Waals surface area contributed by atoms with E-state index < -0.39 is 5.41 Å². The van der Waals surface area contributed by atoms with Gasteiger partial charge in [-0.15, -0.1) is 0 Å². The summed E-state index contributed by atoms with van der Waals surface area (Å²) in [7, 11) is 0. The van der Waals surface area contributed by atoms with Gasteiger partial charge in [0, 0.05) is 34.9 Å². The van der Waals surface area contributed by atoms with Crippen molar-refractivity contribution in [3.05, 3.63) is 57.9 Å². The van der Waals surface area contributed by atoms with Crippen LogP contribution in [0.4, 0.5) is 5.69 Å². The van der Waals surface area contributed by atoms with Crippen LogP contribution in [0.1, 0.15) is 43.1 Å². The number of oxazole rings is 1. The molecule has 5 nitrogen and oxygen atoms in total. The molecule has 0 unspecified atom stereocenters. The molecule has 5 rings (SSSR count). The number of ether oxygens (including phenoxy) is 1. The first kappa shape index (κ1) is 18.9. The Balaban J connectivity index is 1.47. The third-order valence-corrected chi connectivity index (χ3v) is 6.36. The van der Waals surface area contributed by atoms with Crippen LogP contribution in [0.3, 0.4) is 0 Å². The van der Waals surface area contributed by atoms with Crippen LogP contribution < -0.4 is 5.32 Å². The molecule has 1 saturated carbocycles. The van der Waals surface area contributed by atoms with E-state index in [0.717, 1.165) is 35.4 Å². The highest BCUT2D eigenvalue weighted by atomic mass is 35.5. The molecule has 2 fully saturated rings. The van der Waals surface area contributed by atoms with Crippen LogP contribution in [-0.2, 0) is 14.9 Å². The zero-order valence-electron chi connectivity index (χ0n) is 15.7. The second-order valence-electron chi connectivity index (χ2n) is 7.78. The Morgan fingerprint density at radius 3 is 2.62 bits per heavy atom. The van der Waals surface area contributed by atoms with Crippen molar-refractivity contribution < 1.29 is 13.9 Å². The van der Waals surface area contributed by atoms with Crippen LogP contribution in [0.15, 0.2) is 40.8 Å². The second kappa shape index (κ2) is 7.31. The predicted molar refractivity (Wildman–Crippen MR) is 113 cm³/mol. The molecule has 3 aromatic rings. The molecule has 1 N–H and O–H groups in total. The van der Waals surface area contributed by atoms with Crippen LogP contribution in [0, 0.1) is 0 Å². The molecule has 1 saturated heterocycles. The normalized spacial score (nSPS) is 18.7. The molecule has 2 aliphatic rings. The lowest BCUT2D eigenvalue weighted by Crippen LogP contribution is -2.45. The first-order chi connectivity index (χ1) is 14.0. The molecular weight excluding hydrogens is 411 g/mol. The summed E-state index contributed by atoms with van der Waals surface area (Å²) in [6, 6.07) is 10.9. The molecule has 1 aliphatic carbocycles. The monoisotopic (exact) mass is 430 g/mol. The number of benzene rings is 2. The lowest BCUT2D eigenvalue weighted by Gasteiger charge is -2.36. The van der Waals surface area contributed by atoms with Crippen molar-refractivity contribution in [3.8, 4) is 0 Å². The summed E-state index contributed by atoms with van der Waals surface area (Å²) in [5.74, 6) is 1.13. The Morgan fingerprint density at radius 1 is 1.10 bits per heavy atom. The zero-order chi connectivity index (χ0) is 20.0. The highest BCUT2D eigenvalue weighted by Gasteiger charge is 2.43. The molecule has 0 bridgehead atoms. The molecule has 2 aromatic carbocycles. The third kappa shape index (κ3) is 3.52. The van der Waals surface area contributed by atoms with Gasteiger partial charge in [0.25, 0.3) is 0 Å². The van der Waals surface area contributed by atoms with E-state index >= 15 is 0 Å². The number of hydrogen-bond acceptors (Lipinski definition) is 4. The summed E-state index contributed by atoms with van der Waals surface area (Å²) in [6.45, 7) is 0.999. The third-order valence-electron chi connectivity index (χ3n) is 5.82. The maximum absolute atomic E-state index is 13.5. The summed E-state index contributed by atoms with van der Waals surface area (Å²) in [6.07, 6.45) is 3.36. The minimum absolute atomic E-state index is 0.102. The van der Waals surface area contributed by atoms with E-state index in [9.17, 15) is 4.79 Å². The van der Waals surface area contributed by atoms with Crippen LogP contribution in [0.2, 0.25) is 10.0 Å². The van der Waals surface area contributed by atoms with Crippen molar-refractivity contribution >= 4 is 45.9 Å². The largest absolute Gasteiger partial charge is 0.440 e. The van der Waals surface area contributed by atoms with E-state index in [0.29, 0.717) is 47.7 Å². The van der Waals surface area contributed by atoms with Gasteiger partial charge in [-0.2, -0.15) is 0 Å². The number of amides is 1. The predicted octanol–water partition coefficient (Wildman–Crippen LogP) is 5.70. The number of rotatable bonds is 4. The highest BCUT2D eigenvalue weighted by Crippen LogP contribution is 2.42. The molecule has 0 spiro atoms. The van der Waals surface area contributed by atoms with Crippen molar-refractivity contribution in [2.75, 3.05) is 18.5 Å². The number of halogens is 2. The van der Waals surface area contributed by atoms with Gasteiger partial charge in [0.15, 0.2) is 11.5 Å². The number of carbonyl (C=O) groups is 1. The fourth-order valence-corrected chi connectivity index (χ4v) is 4.58. The molecule has 0 atom stereocenters. The van der Waals surface area contributed by atoms with Gasteiger partial charge in [-0.1, -0.05) is 29.3 Å². The van der Waals surface area contributed by atoms with Crippen LogP contribution in [0.5, 0.6) is 0 Å². The molecule has 1 aromatic heterocycles. The van der Waals surface area contributed by atoms with Crippen LogP contribution >= 0.6 is 23.2 Å². The van der Waals surface area contributed by atoms with Gasteiger partial charge in [0.05, 0.1) is 5.41 Å². The summed E-state index contributed by atoms with van der Waals surface area (Å²) in [5.41, 5.74) is 2.21. The quantitative estimate of drug-likeness (QED) is 0.576. The van der Waals surface area contributed by atoms with Crippen molar-refractivity contribution in [1.29, 1.82) is 0 Å². The number of aromatic nitrogens is 1. The van der Waals surface area contributed by atoms with E-state index in [1.165, 1.54) is 0 Å². The fourth-order valence-electron chi connectivity index (χ4n) is 3.99. The average Bonchev–Trinajstić information content (AvgIpc) is 3.48. The van der Waals surface area contributed by atoms with E-state index in [1.807, 2.05) is 24.3 Å². The van der Waals surface area contributed by atoms with Crippen molar-refractivity contribution in [2.24, 2.45) is 0 Å². The first-order valence-electron chi connectivity index (χ1n) is 9.80. The van der Waals surface area contributed by atoms with Gasteiger partial charge < -0.3 is 14.5 Å². The lowest BCUT2D eigenvalue weighted by molar-refractivity contribution is -0.125. The van der Waals surface area contributed by atoms with Gasteiger partial charge in [-0.25, -0.2) is 4.98 Å². The SMILES string of the molecule is O=C(Nc1ccc2oc(C3CC3)nc2c1)C1(c2ccc(Cl)cc2Cl)CCOCC1. The van der Waals surface area contributed by atoms with E-state index in [-0.39, 0.29) is 5.91 Å². The van der Waals surface area contributed by atoms with Crippen molar-refractivity contribution in [2.45, 2.75) is 37.0 Å². The topological polar surface area (TPSA) is 64.4 Å². The fraction of sp³-hybridized carbons (Fsp3) is 0.364. The molecule has 29 heavy (non-hydrogen) atoms. The summed E-state index contributed by atoms with van der Waals surface area (Å²) in [5, 5.41) is 4.11. The Kier molecular flexibility index (Phi) is 4.77. The molecule has 1 amide bonds. The summed E-state index contributed by atoms with van der Waals surface area (Å²) in [4.78, 5) is 18.1. The van der Waals surface area contributed by atoms with Crippen molar-refractivity contribution in [3.63, 3.8) is 0 Å². The van der Waals surface area contributed by atoms with Crippen LogP contribution in [0.25, 0.3) is 11.1 Å². The Hall–Kier alpha value is -2.08. The molecule has 2 heterocycles. The van der Waals surface area contributed by atoms with E-state index in [1.54, 1.807) is 12.1 Å². The van der Waals surface area contributed by atoms with Gasteiger partial charge in [-0.05, 0) is 61.6 Å². The minimum atomic E-state index is -0.766. The van der Waals surface area contributed by atoms with Gasteiger partial charge in [0.2, 0.25) is 5.91 Å². The second-order valence-corrected chi connectivity index (χ2v) is 8.63. The van der Waals surface area contributed by atoms with Gasteiger partial charge in [0.1, 0.15) is 5.52 Å². The Morgan fingerprint density at radius 2 is 1.90 bits per heavy atom. The Labute approximate surface area is 178 Å². The summed E-state index contributed by atoms with van der Waals surface area (Å²) < 4.78 is 11.3. The number of hydrogen-bond donors (Lipinski definition) is 1. The molecule has 1 aliphatic heterocycles. The average molecular weight is 431 g/mol. The maximum Gasteiger partial charge on any atom is 0.235 e. The maximum atomic E-state index is 13.5. The number of anilines is 1. The van der Waals surface area contributed by atoms with Gasteiger partial charge in [-0.3, -0.25) is 4.79 Å².